The number of rotatable bonds is 5. The van der Waals surface area contributed by atoms with Gasteiger partial charge < -0.3 is 14.0 Å². The lowest BCUT2D eigenvalue weighted by molar-refractivity contribution is 0.0656. The first kappa shape index (κ1) is 14.3. The number of aromatic nitrogens is 1. The highest BCUT2D eigenvalue weighted by atomic mass is 32.2. The van der Waals surface area contributed by atoms with Gasteiger partial charge in [0.2, 0.25) is 10.9 Å². The Bertz CT molecular complexity index is 730. The molecule has 2 rings (SSSR count). The maximum absolute atomic E-state index is 12.2. The molecule has 20 heavy (non-hydrogen) atoms. The second-order valence-corrected chi connectivity index (χ2v) is 6.09. The molecule has 0 aliphatic carbocycles. The van der Waals surface area contributed by atoms with Crippen LogP contribution in [0.2, 0.25) is 0 Å². The molecule has 0 saturated carbocycles. The van der Waals surface area contributed by atoms with E-state index in [2.05, 4.69) is 5.16 Å². The molecule has 2 heterocycles. The van der Waals surface area contributed by atoms with Crippen LogP contribution in [0.25, 0.3) is 0 Å². The highest BCUT2D eigenvalue weighted by molar-refractivity contribution is 7.88. The Kier molecular flexibility index (Phi) is 3.64. The number of carboxylic acid groups (broad SMARTS) is 1. The van der Waals surface area contributed by atoms with Crippen molar-refractivity contribution in [2.45, 2.75) is 18.6 Å². The molecule has 0 fully saturated rings. The topological polar surface area (TPSA) is 114 Å². The van der Waals surface area contributed by atoms with Crippen LogP contribution in [0.1, 0.15) is 22.0 Å². The summed E-state index contributed by atoms with van der Waals surface area (Å²) >= 11 is 0. The van der Waals surface area contributed by atoms with Crippen molar-refractivity contribution in [2.24, 2.45) is 0 Å². The zero-order chi connectivity index (χ0) is 14.9. The van der Waals surface area contributed by atoms with Crippen molar-refractivity contribution in [1.82, 2.24) is 9.46 Å². The van der Waals surface area contributed by atoms with E-state index in [1.165, 1.54) is 7.05 Å². The summed E-state index contributed by atoms with van der Waals surface area (Å²) in [7, 11) is -2.58. The van der Waals surface area contributed by atoms with Crippen molar-refractivity contribution in [3.05, 3.63) is 35.4 Å². The first-order valence-electron chi connectivity index (χ1n) is 5.52. The van der Waals surface area contributed by atoms with E-state index in [4.69, 9.17) is 14.0 Å². The zero-order valence-electron chi connectivity index (χ0n) is 10.7. The zero-order valence-corrected chi connectivity index (χ0v) is 11.5. The molecule has 0 spiro atoms. The Labute approximate surface area is 114 Å². The summed E-state index contributed by atoms with van der Waals surface area (Å²) < 4.78 is 35.0. The Morgan fingerprint density at radius 1 is 1.45 bits per heavy atom. The number of nitrogens with zero attached hydrogens (tertiary/aromatic N) is 2. The van der Waals surface area contributed by atoms with Crippen molar-refractivity contribution < 1.29 is 27.3 Å². The first-order valence-corrected chi connectivity index (χ1v) is 6.96. The predicted octanol–water partition coefficient (Wildman–Crippen LogP) is 1.09. The van der Waals surface area contributed by atoms with E-state index >= 15 is 0 Å². The van der Waals surface area contributed by atoms with Crippen molar-refractivity contribution in [1.29, 1.82) is 0 Å². The molecular formula is C11H12N2O6S. The van der Waals surface area contributed by atoms with Gasteiger partial charge in [0.1, 0.15) is 5.76 Å². The number of aryl methyl sites for hydroxylation is 1. The van der Waals surface area contributed by atoms with Gasteiger partial charge in [-0.15, -0.1) is 0 Å². The van der Waals surface area contributed by atoms with Gasteiger partial charge in [-0.3, -0.25) is 0 Å². The fourth-order valence-electron chi connectivity index (χ4n) is 1.53. The van der Waals surface area contributed by atoms with Crippen molar-refractivity contribution in [3.8, 4) is 0 Å². The minimum absolute atomic E-state index is 0.0111. The summed E-state index contributed by atoms with van der Waals surface area (Å²) in [6.07, 6.45) is 0. The molecule has 0 aliphatic heterocycles. The van der Waals surface area contributed by atoms with Gasteiger partial charge in [0.25, 0.3) is 10.0 Å². The molecule has 2 aromatic rings. The number of sulfonamides is 1. The van der Waals surface area contributed by atoms with Crippen LogP contribution in [0.15, 0.2) is 32.2 Å². The molecule has 0 bridgehead atoms. The van der Waals surface area contributed by atoms with Crippen molar-refractivity contribution >= 4 is 16.0 Å². The summed E-state index contributed by atoms with van der Waals surface area (Å²) in [5.74, 6) is -1.20. The number of furan rings is 1. The maximum Gasteiger partial charge on any atom is 0.371 e. The smallest absolute Gasteiger partial charge is 0.371 e. The third-order valence-electron chi connectivity index (χ3n) is 2.52. The molecule has 1 N–H and O–H groups in total. The summed E-state index contributed by atoms with van der Waals surface area (Å²) in [4.78, 5) is 10.7. The van der Waals surface area contributed by atoms with Gasteiger partial charge in [0.05, 0.1) is 12.2 Å². The van der Waals surface area contributed by atoms with Gasteiger partial charge in [-0.1, -0.05) is 5.16 Å². The number of hydrogen-bond acceptors (Lipinski definition) is 6. The van der Waals surface area contributed by atoms with E-state index in [0.717, 1.165) is 16.4 Å². The van der Waals surface area contributed by atoms with Gasteiger partial charge in [0, 0.05) is 13.1 Å². The van der Waals surface area contributed by atoms with Crippen LogP contribution in [0.4, 0.5) is 0 Å². The monoisotopic (exact) mass is 300 g/mol. The van der Waals surface area contributed by atoms with Crippen LogP contribution in [-0.2, 0) is 16.6 Å². The molecule has 0 aliphatic rings. The quantitative estimate of drug-likeness (QED) is 0.879. The number of aromatic carboxylic acids is 1. The third kappa shape index (κ3) is 2.73. The molecule has 0 saturated heterocycles. The lowest BCUT2D eigenvalue weighted by Gasteiger charge is -2.13. The third-order valence-corrected chi connectivity index (χ3v) is 4.20. The first-order chi connectivity index (χ1) is 9.30. The molecule has 0 radical (unpaired) electrons. The van der Waals surface area contributed by atoms with E-state index in [1.807, 2.05) is 0 Å². The Morgan fingerprint density at radius 3 is 2.65 bits per heavy atom. The van der Waals surface area contributed by atoms with Crippen LogP contribution >= 0.6 is 0 Å². The lowest BCUT2D eigenvalue weighted by atomic mass is 10.4. The normalized spacial score (nSPS) is 11.9. The van der Waals surface area contributed by atoms with Crippen LogP contribution in [0.3, 0.4) is 0 Å². The summed E-state index contributed by atoms with van der Waals surface area (Å²) in [6.45, 7) is 1.68. The van der Waals surface area contributed by atoms with Crippen LogP contribution in [-0.4, -0.2) is 36.0 Å². The van der Waals surface area contributed by atoms with Crippen LogP contribution < -0.4 is 0 Å². The van der Waals surface area contributed by atoms with Crippen LogP contribution in [0.5, 0.6) is 0 Å². The van der Waals surface area contributed by atoms with Gasteiger partial charge >= 0.3 is 5.97 Å². The Hall–Kier alpha value is -2.13. The van der Waals surface area contributed by atoms with E-state index in [-0.39, 0.29) is 6.54 Å². The standard InChI is InChI=1S/C11H12N2O6S/c1-7-5-8(12-19-7)6-13(2)20(16,17)10-4-3-9(18-10)11(14)15/h3-5H,6H2,1-2H3,(H,14,15). The maximum atomic E-state index is 12.2. The Balaban J connectivity index is 2.22. The predicted molar refractivity (Wildman–Crippen MR) is 65.6 cm³/mol. The summed E-state index contributed by atoms with van der Waals surface area (Å²) in [5.41, 5.74) is 0.443. The fraction of sp³-hybridized carbons (Fsp3) is 0.273. The van der Waals surface area contributed by atoms with Gasteiger partial charge in [-0.2, -0.15) is 4.31 Å². The summed E-state index contributed by atoms with van der Waals surface area (Å²) in [6, 6.07) is 3.80. The van der Waals surface area contributed by atoms with Gasteiger partial charge in [-0.25, -0.2) is 13.2 Å². The van der Waals surface area contributed by atoms with Gasteiger partial charge in [-0.05, 0) is 19.1 Å². The highest BCUT2D eigenvalue weighted by Gasteiger charge is 2.26. The SMILES string of the molecule is Cc1cc(CN(C)S(=O)(=O)c2ccc(C(=O)O)o2)no1. The van der Waals surface area contributed by atoms with Gasteiger partial charge in [0.15, 0.2) is 0 Å². The molecule has 0 aromatic carbocycles. The van der Waals surface area contributed by atoms with Crippen molar-refractivity contribution in [3.63, 3.8) is 0 Å². The average Bonchev–Trinajstić information content (AvgIpc) is 2.98. The number of hydrogen-bond donors (Lipinski definition) is 1. The summed E-state index contributed by atoms with van der Waals surface area (Å²) in [5, 5.41) is 12.0. The molecule has 8 nitrogen and oxygen atoms in total. The Morgan fingerprint density at radius 2 is 2.15 bits per heavy atom. The number of carboxylic acids is 1. The molecule has 108 valence electrons. The van der Waals surface area contributed by atoms with Crippen LogP contribution in [0, 0.1) is 6.92 Å². The van der Waals surface area contributed by atoms with E-state index in [0.29, 0.717) is 11.5 Å². The second-order valence-electron chi connectivity index (χ2n) is 4.11. The molecule has 2 aromatic heterocycles. The van der Waals surface area contributed by atoms with E-state index in [9.17, 15) is 13.2 Å². The highest BCUT2D eigenvalue weighted by Crippen LogP contribution is 2.19. The molecule has 0 atom stereocenters. The van der Waals surface area contributed by atoms with E-state index < -0.39 is 26.8 Å². The largest absolute Gasteiger partial charge is 0.475 e. The number of carbonyl (C=O) groups is 1. The lowest BCUT2D eigenvalue weighted by Crippen LogP contribution is -2.26. The second kappa shape index (κ2) is 5.10. The fourth-order valence-corrected chi connectivity index (χ4v) is 2.58. The molecule has 0 unspecified atom stereocenters. The minimum atomic E-state index is -3.92. The van der Waals surface area contributed by atoms with E-state index in [1.54, 1.807) is 13.0 Å². The molecule has 0 amide bonds. The molecular weight excluding hydrogens is 288 g/mol. The minimum Gasteiger partial charge on any atom is -0.475 e. The van der Waals surface area contributed by atoms with Crippen molar-refractivity contribution in [2.75, 3.05) is 7.05 Å². The average molecular weight is 300 g/mol. The molecule has 9 heteroatoms.